The van der Waals surface area contributed by atoms with Gasteiger partial charge in [-0.15, -0.1) is 5.10 Å². The Kier molecular flexibility index (Phi) is 5.96. The highest BCUT2D eigenvalue weighted by Crippen LogP contribution is 2.28. The minimum Gasteiger partial charge on any atom is -0.495 e. The molecule has 26 heavy (non-hydrogen) atoms. The number of sulfone groups is 1. The summed E-state index contributed by atoms with van der Waals surface area (Å²) in [6.07, 6.45) is 0.704. The first-order valence-electron chi connectivity index (χ1n) is 8.45. The van der Waals surface area contributed by atoms with Crippen LogP contribution in [0.3, 0.4) is 0 Å². The van der Waals surface area contributed by atoms with Gasteiger partial charge >= 0.3 is 0 Å². The van der Waals surface area contributed by atoms with Gasteiger partial charge in [0.15, 0.2) is 20.5 Å². The number of aromatic nitrogens is 2. The molecule has 2 aromatic rings. The summed E-state index contributed by atoms with van der Waals surface area (Å²) in [4.78, 5) is 1.19. The SMILES string of the molecule is CC[NH+](Cn1nc(Nc2ccccc2OC)sc1=S)[C@@H]1CCS(=O)(=O)C1. The Morgan fingerprint density at radius 3 is 2.88 bits per heavy atom. The molecule has 1 aliphatic heterocycles. The normalized spacial score (nSPS) is 20.0. The molecule has 10 heteroatoms. The fraction of sp³-hybridized carbons (Fsp3) is 0.500. The Morgan fingerprint density at radius 1 is 1.46 bits per heavy atom. The molecule has 1 saturated heterocycles. The van der Waals surface area contributed by atoms with Gasteiger partial charge in [-0.05, 0) is 31.3 Å². The van der Waals surface area contributed by atoms with Crippen molar-refractivity contribution in [2.75, 3.05) is 30.5 Å². The van der Waals surface area contributed by atoms with E-state index in [4.69, 9.17) is 17.0 Å². The van der Waals surface area contributed by atoms with Crippen molar-refractivity contribution in [1.29, 1.82) is 0 Å². The lowest BCUT2D eigenvalue weighted by Gasteiger charge is -2.23. The molecule has 2 N–H and O–H groups in total. The number of ether oxygens (including phenoxy) is 1. The first-order chi connectivity index (χ1) is 12.4. The van der Waals surface area contributed by atoms with Crippen molar-refractivity contribution in [1.82, 2.24) is 9.78 Å². The van der Waals surface area contributed by atoms with Crippen molar-refractivity contribution in [3.8, 4) is 5.75 Å². The molecule has 1 aliphatic rings. The highest BCUT2D eigenvalue weighted by molar-refractivity contribution is 7.91. The largest absolute Gasteiger partial charge is 0.495 e. The van der Waals surface area contributed by atoms with E-state index < -0.39 is 9.84 Å². The maximum atomic E-state index is 11.8. The van der Waals surface area contributed by atoms with Crippen LogP contribution in [-0.4, -0.2) is 49.4 Å². The maximum Gasteiger partial charge on any atom is 0.209 e. The molecule has 0 radical (unpaired) electrons. The maximum absolute atomic E-state index is 11.8. The van der Waals surface area contributed by atoms with E-state index in [1.54, 1.807) is 11.8 Å². The number of anilines is 2. The van der Waals surface area contributed by atoms with E-state index in [0.717, 1.165) is 18.0 Å². The van der Waals surface area contributed by atoms with Crippen LogP contribution >= 0.6 is 23.6 Å². The van der Waals surface area contributed by atoms with Crippen LogP contribution < -0.4 is 15.0 Å². The first-order valence-corrected chi connectivity index (χ1v) is 11.5. The van der Waals surface area contributed by atoms with Gasteiger partial charge in [0.25, 0.3) is 0 Å². The number of methoxy groups -OCH3 is 1. The van der Waals surface area contributed by atoms with Gasteiger partial charge in [0.05, 0.1) is 25.1 Å². The van der Waals surface area contributed by atoms with E-state index in [1.165, 1.54) is 16.2 Å². The van der Waals surface area contributed by atoms with Gasteiger partial charge in [-0.2, -0.15) is 4.68 Å². The topological polar surface area (TPSA) is 77.7 Å². The summed E-state index contributed by atoms with van der Waals surface area (Å²) >= 11 is 6.84. The standard InChI is InChI=1S/C16H22N4O3S3/c1-3-19(12-8-9-26(21,22)10-12)11-20-16(24)25-15(18-20)17-13-6-4-5-7-14(13)23-2/h4-7,12H,3,8-11H2,1-2H3,(H,17,18)/p+1/t12-/m1/s1. The molecule has 2 atom stereocenters. The van der Waals surface area contributed by atoms with E-state index >= 15 is 0 Å². The van der Waals surface area contributed by atoms with Crippen LogP contribution in [0.5, 0.6) is 5.75 Å². The van der Waals surface area contributed by atoms with E-state index in [9.17, 15) is 8.42 Å². The molecule has 0 spiro atoms. The van der Waals surface area contributed by atoms with Crippen LogP contribution in [0.1, 0.15) is 13.3 Å². The third-order valence-corrected chi connectivity index (χ3v) is 7.56. The summed E-state index contributed by atoms with van der Waals surface area (Å²) < 4.78 is 31.3. The molecule has 142 valence electrons. The monoisotopic (exact) mass is 415 g/mol. The number of rotatable bonds is 7. The van der Waals surface area contributed by atoms with E-state index in [-0.39, 0.29) is 17.5 Å². The zero-order valence-corrected chi connectivity index (χ0v) is 17.2. The summed E-state index contributed by atoms with van der Waals surface area (Å²) in [5.41, 5.74) is 0.826. The minimum absolute atomic E-state index is 0.110. The molecule has 2 heterocycles. The average molecular weight is 416 g/mol. The lowest BCUT2D eigenvalue weighted by molar-refractivity contribution is -0.943. The van der Waals surface area contributed by atoms with Crippen molar-refractivity contribution in [2.24, 2.45) is 0 Å². The fourth-order valence-electron chi connectivity index (χ4n) is 3.16. The van der Waals surface area contributed by atoms with Crippen molar-refractivity contribution < 1.29 is 18.1 Å². The first kappa shape index (κ1) is 19.3. The van der Waals surface area contributed by atoms with E-state index in [0.29, 0.717) is 22.2 Å². The number of hydrogen-bond acceptors (Lipinski definition) is 7. The van der Waals surface area contributed by atoms with Gasteiger partial charge in [-0.25, -0.2) is 8.42 Å². The Balaban J connectivity index is 1.74. The van der Waals surface area contributed by atoms with Gasteiger partial charge in [-0.3, -0.25) is 0 Å². The molecule has 1 aromatic carbocycles. The zero-order chi connectivity index (χ0) is 18.7. The predicted octanol–water partition coefficient (Wildman–Crippen LogP) is 1.48. The Bertz CT molecular complexity index is 923. The van der Waals surface area contributed by atoms with Crippen LogP contribution in [0.2, 0.25) is 0 Å². The van der Waals surface area contributed by atoms with Crippen LogP contribution in [0.15, 0.2) is 24.3 Å². The van der Waals surface area contributed by atoms with Gasteiger partial charge in [0, 0.05) is 6.42 Å². The van der Waals surface area contributed by atoms with E-state index in [2.05, 4.69) is 17.3 Å². The molecular formula is C16H23N4O3S3+. The lowest BCUT2D eigenvalue weighted by atomic mass is 10.2. The van der Waals surface area contributed by atoms with Gasteiger partial charge in [-0.1, -0.05) is 23.5 Å². The van der Waals surface area contributed by atoms with Gasteiger partial charge in [0.2, 0.25) is 5.13 Å². The van der Waals surface area contributed by atoms with Gasteiger partial charge in [0.1, 0.15) is 17.5 Å². The Hall–Kier alpha value is -1.49. The molecule has 3 rings (SSSR count). The zero-order valence-electron chi connectivity index (χ0n) is 14.8. The number of benzene rings is 1. The number of quaternary nitrogens is 1. The molecule has 0 aliphatic carbocycles. The number of para-hydroxylation sites is 2. The van der Waals surface area contributed by atoms with Crippen molar-refractivity contribution in [3.63, 3.8) is 0 Å². The van der Waals surface area contributed by atoms with Crippen molar-refractivity contribution >= 4 is 44.2 Å². The number of nitrogens with zero attached hydrogens (tertiary/aromatic N) is 2. The summed E-state index contributed by atoms with van der Waals surface area (Å²) in [6, 6.07) is 7.73. The summed E-state index contributed by atoms with van der Waals surface area (Å²) in [6.45, 7) is 3.46. The highest BCUT2D eigenvalue weighted by Gasteiger charge is 2.35. The summed E-state index contributed by atoms with van der Waals surface area (Å²) in [5.74, 6) is 1.27. The molecule has 1 aromatic heterocycles. The predicted molar refractivity (Wildman–Crippen MR) is 106 cm³/mol. The van der Waals surface area contributed by atoms with Crippen LogP contribution in [0, 0.1) is 3.95 Å². The second-order valence-corrected chi connectivity index (χ2v) is 10.1. The smallest absolute Gasteiger partial charge is 0.209 e. The molecular weight excluding hydrogens is 392 g/mol. The molecule has 0 amide bonds. The minimum atomic E-state index is -2.90. The van der Waals surface area contributed by atoms with Crippen molar-refractivity contribution in [3.05, 3.63) is 28.2 Å². The second kappa shape index (κ2) is 8.03. The van der Waals surface area contributed by atoms with Crippen LogP contribution in [0.4, 0.5) is 10.8 Å². The average Bonchev–Trinajstić information content (AvgIpc) is 3.14. The number of hydrogen-bond donors (Lipinski definition) is 2. The Morgan fingerprint density at radius 2 is 2.23 bits per heavy atom. The van der Waals surface area contributed by atoms with E-state index in [1.807, 2.05) is 24.3 Å². The second-order valence-electron chi connectivity index (χ2n) is 6.27. The number of nitrogens with one attached hydrogen (secondary N) is 2. The molecule has 0 bridgehead atoms. The van der Waals surface area contributed by atoms with Crippen molar-refractivity contribution in [2.45, 2.75) is 26.1 Å². The molecule has 0 saturated carbocycles. The Labute approximate surface area is 162 Å². The van der Waals surface area contributed by atoms with Crippen LogP contribution in [-0.2, 0) is 16.5 Å². The molecule has 1 unspecified atom stereocenters. The highest BCUT2D eigenvalue weighted by atomic mass is 32.2. The lowest BCUT2D eigenvalue weighted by Crippen LogP contribution is -3.15. The molecule has 1 fully saturated rings. The summed E-state index contributed by atoms with van der Waals surface area (Å²) in [5, 5.41) is 8.51. The molecule has 7 nitrogen and oxygen atoms in total. The quantitative estimate of drug-likeness (QED) is 0.667. The summed E-state index contributed by atoms with van der Waals surface area (Å²) in [7, 11) is -1.27. The third kappa shape index (κ3) is 4.43. The fourth-order valence-corrected chi connectivity index (χ4v) is 6.00. The van der Waals surface area contributed by atoms with Crippen LogP contribution in [0.25, 0.3) is 0 Å². The third-order valence-electron chi connectivity index (χ3n) is 4.57. The van der Waals surface area contributed by atoms with Gasteiger partial charge < -0.3 is 15.0 Å².